The van der Waals surface area contributed by atoms with Crippen LogP contribution < -0.4 is 0 Å². The molecule has 1 rings (SSSR count). The van der Waals surface area contributed by atoms with Gasteiger partial charge in [0.2, 0.25) is 5.91 Å². The van der Waals surface area contributed by atoms with E-state index in [1.165, 1.54) is 4.88 Å². The lowest BCUT2D eigenvalue weighted by Gasteiger charge is -2.13. The summed E-state index contributed by atoms with van der Waals surface area (Å²) in [5, 5.41) is 2.06. The normalized spacial score (nSPS) is 9.60. The number of carbonyl (C=O) groups is 1. The molecule has 0 aliphatic carbocycles. The van der Waals surface area contributed by atoms with Crippen LogP contribution in [-0.4, -0.2) is 24.4 Å². The number of hydrogen-bond donors (Lipinski definition) is 0. The van der Waals surface area contributed by atoms with Crippen LogP contribution in [0.4, 0.5) is 0 Å². The SMILES string of the molecule is C#CCN(C)C(=O)CCCc1cccs1. The number of aryl methyl sites for hydroxylation is 1. The molecule has 0 N–H and O–H groups in total. The van der Waals surface area contributed by atoms with Crippen LogP contribution in [0, 0.1) is 12.3 Å². The quantitative estimate of drug-likeness (QED) is 0.698. The number of rotatable bonds is 5. The molecule has 0 aromatic carbocycles. The zero-order valence-corrected chi connectivity index (χ0v) is 9.72. The van der Waals surface area contributed by atoms with Gasteiger partial charge in [0.25, 0.3) is 0 Å². The van der Waals surface area contributed by atoms with Crippen LogP contribution >= 0.6 is 11.3 Å². The molecule has 3 heteroatoms. The second kappa shape index (κ2) is 6.26. The topological polar surface area (TPSA) is 20.3 Å². The Morgan fingerprint density at radius 1 is 1.67 bits per heavy atom. The van der Waals surface area contributed by atoms with Crippen LogP contribution in [0.3, 0.4) is 0 Å². The van der Waals surface area contributed by atoms with Crippen molar-refractivity contribution in [2.24, 2.45) is 0 Å². The molecule has 0 spiro atoms. The van der Waals surface area contributed by atoms with Gasteiger partial charge in [0.15, 0.2) is 0 Å². The Balaban J connectivity index is 2.20. The lowest BCUT2D eigenvalue weighted by atomic mass is 10.2. The second-order valence-electron chi connectivity index (χ2n) is 3.39. The monoisotopic (exact) mass is 221 g/mol. The molecule has 2 nitrogen and oxygen atoms in total. The van der Waals surface area contributed by atoms with Crippen LogP contribution in [0.5, 0.6) is 0 Å². The summed E-state index contributed by atoms with van der Waals surface area (Å²) in [6, 6.07) is 4.13. The van der Waals surface area contributed by atoms with E-state index in [0.29, 0.717) is 13.0 Å². The van der Waals surface area contributed by atoms with E-state index in [4.69, 9.17) is 6.42 Å². The van der Waals surface area contributed by atoms with Gasteiger partial charge in [-0.2, -0.15) is 0 Å². The highest BCUT2D eigenvalue weighted by molar-refractivity contribution is 7.09. The Labute approximate surface area is 94.9 Å². The summed E-state index contributed by atoms with van der Waals surface area (Å²) >= 11 is 1.74. The molecular formula is C12H15NOS. The molecule has 1 aromatic rings. The number of thiophene rings is 1. The van der Waals surface area contributed by atoms with Crippen molar-refractivity contribution in [3.8, 4) is 12.3 Å². The molecule has 1 amide bonds. The highest BCUT2D eigenvalue weighted by atomic mass is 32.1. The maximum absolute atomic E-state index is 11.5. The van der Waals surface area contributed by atoms with Crippen molar-refractivity contribution in [2.75, 3.05) is 13.6 Å². The summed E-state index contributed by atoms with van der Waals surface area (Å²) in [5.41, 5.74) is 0. The van der Waals surface area contributed by atoms with E-state index in [1.807, 2.05) is 6.07 Å². The highest BCUT2D eigenvalue weighted by Gasteiger charge is 2.06. The molecule has 0 saturated heterocycles. The molecule has 15 heavy (non-hydrogen) atoms. The maximum Gasteiger partial charge on any atom is 0.223 e. The smallest absolute Gasteiger partial charge is 0.223 e. The van der Waals surface area contributed by atoms with E-state index in [1.54, 1.807) is 23.3 Å². The fourth-order valence-electron chi connectivity index (χ4n) is 1.28. The minimum absolute atomic E-state index is 0.129. The second-order valence-corrected chi connectivity index (χ2v) is 4.42. The van der Waals surface area contributed by atoms with Gasteiger partial charge in [0, 0.05) is 18.3 Å². The number of nitrogens with zero attached hydrogens (tertiary/aromatic N) is 1. The molecule has 0 fully saturated rings. The molecule has 1 aromatic heterocycles. The Morgan fingerprint density at radius 3 is 3.07 bits per heavy atom. The lowest BCUT2D eigenvalue weighted by molar-refractivity contribution is -0.129. The molecule has 0 aliphatic rings. The third-order valence-corrected chi connectivity index (χ3v) is 3.08. The van der Waals surface area contributed by atoms with E-state index >= 15 is 0 Å². The molecule has 0 radical (unpaired) electrons. The summed E-state index contributed by atoms with van der Waals surface area (Å²) in [5.74, 6) is 2.59. The van der Waals surface area contributed by atoms with Crippen LogP contribution in [0.25, 0.3) is 0 Å². The number of amides is 1. The Hall–Kier alpha value is -1.27. The van der Waals surface area contributed by atoms with Crippen molar-refractivity contribution in [1.29, 1.82) is 0 Å². The number of hydrogen-bond acceptors (Lipinski definition) is 2. The minimum atomic E-state index is 0.129. The van der Waals surface area contributed by atoms with Crippen LogP contribution in [-0.2, 0) is 11.2 Å². The van der Waals surface area contributed by atoms with Gasteiger partial charge in [-0.25, -0.2) is 0 Å². The van der Waals surface area contributed by atoms with Crippen LogP contribution in [0.1, 0.15) is 17.7 Å². The molecular weight excluding hydrogens is 206 g/mol. The van der Waals surface area contributed by atoms with Crippen molar-refractivity contribution < 1.29 is 4.79 Å². The first-order valence-corrected chi connectivity index (χ1v) is 5.82. The zero-order chi connectivity index (χ0) is 11.1. The van der Waals surface area contributed by atoms with Gasteiger partial charge in [0.1, 0.15) is 0 Å². The van der Waals surface area contributed by atoms with Gasteiger partial charge in [0.05, 0.1) is 6.54 Å². The van der Waals surface area contributed by atoms with E-state index in [9.17, 15) is 4.79 Å². The Morgan fingerprint density at radius 2 is 2.47 bits per heavy atom. The first-order valence-electron chi connectivity index (χ1n) is 4.94. The summed E-state index contributed by atoms with van der Waals surface area (Å²) in [4.78, 5) is 14.4. The molecule has 0 unspecified atom stereocenters. The summed E-state index contributed by atoms with van der Waals surface area (Å²) in [7, 11) is 1.74. The van der Waals surface area contributed by atoms with Crippen LogP contribution in [0.2, 0.25) is 0 Å². The minimum Gasteiger partial charge on any atom is -0.335 e. The van der Waals surface area contributed by atoms with E-state index in [2.05, 4.69) is 17.4 Å². The Bertz CT molecular complexity index is 337. The molecule has 0 aliphatic heterocycles. The molecule has 0 bridgehead atoms. The summed E-state index contributed by atoms with van der Waals surface area (Å²) in [6.45, 7) is 0.401. The van der Waals surface area contributed by atoms with Crippen molar-refractivity contribution in [2.45, 2.75) is 19.3 Å². The number of terminal acetylenes is 1. The highest BCUT2D eigenvalue weighted by Crippen LogP contribution is 2.12. The van der Waals surface area contributed by atoms with Gasteiger partial charge in [-0.05, 0) is 24.3 Å². The first kappa shape index (κ1) is 11.8. The zero-order valence-electron chi connectivity index (χ0n) is 8.90. The first-order chi connectivity index (χ1) is 7.24. The lowest BCUT2D eigenvalue weighted by Crippen LogP contribution is -2.26. The van der Waals surface area contributed by atoms with E-state index in [0.717, 1.165) is 12.8 Å². The third-order valence-electron chi connectivity index (χ3n) is 2.15. The summed E-state index contributed by atoms with van der Waals surface area (Å²) < 4.78 is 0. The molecule has 0 saturated carbocycles. The fraction of sp³-hybridized carbons (Fsp3) is 0.417. The van der Waals surface area contributed by atoms with E-state index < -0.39 is 0 Å². The average Bonchev–Trinajstić information content (AvgIpc) is 2.71. The fourth-order valence-corrected chi connectivity index (χ4v) is 2.04. The third kappa shape index (κ3) is 4.18. The predicted octanol–water partition coefficient (Wildman–Crippen LogP) is 2.16. The van der Waals surface area contributed by atoms with Crippen molar-refractivity contribution in [3.63, 3.8) is 0 Å². The summed E-state index contributed by atoms with van der Waals surface area (Å²) in [6.07, 6.45) is 7.59. The molecule has 80 valence electrons. The van der Waals surface area contributed by atoms with Gasteiger partial charge in [-0.15, -0.1) is 17.8 Å². The average molecular weight is 221 g/mol. The number of carbonyl (C=O) groups excluding carboxylic acids is 1. The van der Waals surface area contributed by atoms with Gasteiger partial charge in [-0.1, -0.05) is 12.0 Å². The van der Waals surface area contributed by atoms with Gasteiger partial charge < -0.3 is 4.90 Å². The Kier molecular flexibility index (Phi) is 4.92. The van der Waals surface area contributed by atoms with Gasteiger partial charge in [-0.3, -0.25) is 4.79 Å². The van der Waals surface area contributed by atoms with Crippen molar-refractivity contribution in [3.05, 3.63) is 22.4 Å². The predicted molar refractivity (Wildman–Crippen MR) is 63.7 cm³/mol. The van der Waals surface area contributed by atoms with Crippen LogP contribution in [0.15, 0.2) is 17.5 Å². The van der Waals surface area contributed by atoms with Crippen molar-refractivity contribution in [1.82, 2.24) is 4.90 Å². The maximum atomic E-state index is 11.5. The van der Waals surface area contributed by atoms with E-state index in [-0.39, 0.29) is 5.91 Å². The largest absolute Gasteiger partial charge is 0.335 e. The molecule has 1 heterocycles. The van der Waals surface area contributed by atoms with Crippen molar-refractivity contribution >= 4 is 17.2 Å². The standard InChI is InChI=1S/C12H15NOS/c1-3-9-13(2)12(14)8-4-6-11-7-5-10-15-11/h1,5,7,10H,4,6,8-9H2,2H3. The van der Waals surface area contributed by atoms with Gasteiger partial charge >= 0.3 is 0 Å². The molecule has 0 atom stereocenters.